The summed E-state index contributed by atoms with van der Waals surface area (Å²) >= 11 is 0. The van der Waals surface area contributed by atoms with Gasteiger partial charge in [0.15, 0.2) is 0 Å². The second-order valence-electron chi connectivity index (χ2n) is 3.11. The number of hydrogen-bond donors (Lipinski definition) is 0. The van der Waals surface area contributed by atoms with Crippen LogP contribution in [0.15, 0.2) is 36.2 Å². The predicted octanol–water partition coefficient (Wildman–Crippen LogP) is 2.82. The van der Waals surface area contributed by atoms with Gasteiger partial charge in [-0.05, 0) is 32.4 Å². The van der Waals surface area contributed by atoms with E-state index in [1.807, 2.05) is 12.1 Å². The lowest BCUT2D eigenvalue weighted by atomic mass is 10.3. The summed E-state index contributed by atoms with van der Waals surface area (Å²) in [4.78, 5) is 3.96. The van der Waals surface area contributed by atoms with Gasteiger partial charge in [-0.25, -0.2) is 0 Å². The Labute approximate surface area is 79.3 Å². The van der Waals surface area contributed by atoms with Gasteiger partial charge in [-0.15, -0.1) is 0 Å². The Morgan fingerprint density at radius 2 is 2.38 bits per heavy atom. The molecule has 0 aliphatic heterocycles. The van der Waals surface area contributed by atoms with Crippen LogP contribution in [0.4, 0.5) is 0 Å². The number of pyridine rings is 1. The lowest BCUT2D eigenvalue weighted by molar-refractivity contribution is 0.323. The highest BCUT2D eigenvalue weighted by Gasteiger charge is 1.89. The van der Waals surface area contributed by atoms with Gasteiger partial charge in [-0.1, -0.05) is 11.6 Å². The number of nitrogens with zero attached hydrogens (tertiary/aromatic N) is 1. The molecule has 2 nitrogen and oxygen atoms in total. The van der Waals surface area contributed by atoms with Crippen molar-refractivity contribution in [3.8, 4) is 5.75 Å². The molecule has 2 heteroatoms. The van der Waals surface area contributed by atoms with E-state index in [9.17, 15) is 0 Å². The molecule has 1 aromatic heterocycles. The highest BCUT2D eigenvalue weighted by molar-refractivity contribution is 5.15. The van der Waals surface area contributed by atoms with Crippen molar-refractivity contribution in [2.45, 2.75) is 20.3 Å². The monoisotopic (exact) mass is 177 g/mol. The molecule has 0 aliphatic carbocycles. The molecule has 0 unspecified atom stereocenters. The first kappa shape index (κ1) is 9.78. The van der Waals surface area contributed by atoms with Crippen molar-refractivity contribution in [2.75, 3.05) is 6.61 Å². The lowest BCUT2D eigenvalue weighted by Crippen LogP contribution is -1.95. The van der Waals surface area contributed by atoms with E-state index in [2.05, 4.69) is 24.9 Å². The molecule has 1 rings (SSSR count). The molecule has 0 saturated heterocycles. The molecule has 0 spiro atoms. The molecule has 1 aromatic rings. The van der Waals surface area contributed by atoms with Crippen LogP contribution >= 0.6 is 0 Å². The quantitative estimate of drug-likeness (QED) is 0.521. The van der Waals surface area contributed by atoms with Crippen LogP contribution in [-0.2, 0) is 0 Å². The van der Waals surface area contributed by atoms with Gasteiger partial charge in [0, 0.05) is 6.20 Å². The van der Waals surface area contributed by atoms with Crippen LogP contribution in [0.2, 0.25) is 0 Å². The zero-order valence-electron chi connectivity index (χ0n) is 8.16. The second-order valence-corrected chi connectivity index (χ2v) is 3.11. The Kier molecular flexibility index (Phi) is 4.03. The van der Waals surface area contributed by atoms with Gasteiger partial charge in [0.05, 0.1) is 12.8 Å². The third-order valence-corrected chi connectivity index (χ3v) is 1.57. The number of hydrogen-bond acceptors (Lipinski definition) is 2. The van der Waals surface area contributed by atoms with E-state index in [0.717, 1.165) is 18.8 Å². The average Bonchev–Trinajstić information content (AvgIpc) is 2.14. The first-order chi connectivity index (χ1) is 6.29. The zero-order valence-corrected chi connectivity index (χ0v) is 8.16. The molecule has 0 radical (unpaired) electrons. The fourth-order valence-electron chi connectivity index (χ4n) is 0.957. The maximum atomic E-state index is 5.45. The summed E-state index contributed by atoms with van der Waals surface area (Å²) in [6.45, 7) is 4.89. The average molecular weight is 177 g/mol. The first-order valence-corrected chi connectivity index (χ1v) is 4.45. The molecule has 0 aliphatic rings. The van der Waals surface area contributed by atoms with Crippen molar-refractivity contribution in [1.29, 1.82) is 0 Å². The van der Waals surface area contributed by atoms with Crippen molar-refractivity contribution in [1.82, 2.24) is 4.98 Å². The number of allylic oxidation sites excluding steroid dienone is 1. The van der Waals surface area contributed by atoms with E-state index in [4.69, 9.17) is 4.74 Å². The topological polar surface area (TPSA) is 22.1 Å². The van der Waals surface area contributed by atoms with Crippen LogP contribution in [0.3, 0.4) is 0 Å². The molecule has 0 atom stereocenters. The normalized spacial score (nSPS) is 9.38. The molecule has 0 amide bonds. The van der Waals surface area contributed by atoms with Crippen LogP contribution in [0, 0.1) is 0 Å². The number of rotatable bonds is 4. The molecular formula is C11H15NO. The summed E-state index contributed by atoms with van der Waals surface area (Å²) in [5.74, 6) is 0.838. The van der Waals surface area contributed by atoms with Crippen LogP contribution < -0.4 is 4.74 Å². The Balaban J connectivity index is 2.25. The summed E-state index contributed by atoms with van der Waals surface area (Å²) in [7, 11) is 0. The summed E-state index contributed by atoms with van der Waals surface area (Å²) in [5.41, 5.74) is 1.33. The minimum absolute atomic E-state index is 0.719. The van der Waals surface area contributed by atoms with Crippen LogP contribution in [0.25, 0.3) is 0 Å². The standard InChI is InChI=1S/C11H15NO/c1-10(2)5-4-8-13-11-6-3-7-12-9-11/h3,5-7,9H,4,8H2,1-2H3. The Hall–Kier alpha value is -1.31. The maximum absolute atomic E-state index is 5.45. The van der Waals surface area contributed by atoms with E-state index >= 15 is 0 Å². The van der Waals surface area contributed by atoms with Gasteiger partial charge in [-0.3, -0.25) is 4.98 Å². The zero-order chi connectivity index (χ0) is 9.52. The smallest absolute Gasteiger partial charge is 0.137 e. The largest absolute Gasteiger partial charge is 0.492 e. The Bertz CT molecular complexity index is 263. The van der Waals surface area contributed by atoms with E-state index in [0.29, 0.717) is 0 Å². The van der Waals surface area contributed by atoms with Gasteiger partial charge in [0.25, 0.3) is 0 Å². The number of aromatic nitrogens is 1. The molecule has 0 bridgehead atoms. The van der Waals surface area contributed by atoms with Crippen LogP contribution in [-0.4, -0.2) is 11.6 Å². The SMILES string of the molecule is CC(C)=CCCOc1cccnc1. The summed E-state index contributed by atoms with van der Waals surface area (Å²) < 4.78 is 5.45. The van der Waals surface area contributed by atoms with Gasteiger partial charge < -0.3 is 4.74 Å². The third kappa shape index (κ3) is 4.31. The fourth-order valence-corrected chi connectivity index (χ4v) is 0.957. The third-order valence-electron chi connectivity index (χ3n) is 1.57. The van der Waals surface area contributed by atoms with Gasteiger partial charge >= 0.3 is 0 Å². The second kappa shape index (κ2) is 5.36. The van der Waals surface area contributed by atoms with Crippen molar-refractivity contribution >= 4 is 0 Å². The van der Waals surface area contributed by atoms with Crippen molar-refractivity contribution < 1.29 is 4.74 Å². The highest BCUT2D eigenvalue weighted by atomic mass is 16.5. The maximum Gasteiger partial charge on any atom is 0.137 e. The lowest BCUT2D eigenvalue weighted by Gasteiger charge is -2.02. The highest BCUT2D eigenvalue weighted by Crippen LogP contribution is 2.06. The van der Waals surface area contributed by atoms with Crippen molar-refractivity contribution in [2.24, 2.45) is 0 Å². The molecular weight excluding hydrogens is 162 g/mol. The fraction of sp³-hybridized carbons (Fsp3) is 0.364. The van der Waals surface area contributed by atoms with E-state index in [-0.39, 0.29) is 0 Å². The summed E-state index contributed by atoms with van der Waals surface area (Å²) in [6.07, 6.45) is 6.58. The molecule has 0 aromatic carbocycles. The minimum atomic E-state index is 0.719. The molecule has 0 N–H and O–H groups in total. The van der Waals surface area contributed by atoms with Gasteiger partial charge in [0.1, 0.15) is 5.75 Å². The Morgan fingerprint density at radius 3 is 3.00 bits per heavy atom. The molecule has 13 heavy (non-hydrogen) atoms. The van der Waals surface area contributed by atoms with Crippen LogP contribution in [0.5, 0.6) is 5.75 Å². The summed E-state index contributed by atoms with van der Waals surface area (Å²) in [6, 6.07) is 3.78. The molecule has 70 valence electrons. The Morgan fingerprint density at radius 1 is 1.54 bits per heavy atom. The van der Waals surface area contributed by atoms with Gasteiger partial charge in [-0.2, -0.15) is 0 Å². The molecule has 0 saturated carbocycles. The predicted molar refractivity (Wildman–Crippen MR) is 53.8 cm³/mol. The van der Waals surface area contributed by atoms with Gasteiger partial charge in [0.2, 0.25) is 0 Å². The van der Waals surface area contributed by atoms with E-state index in [1.165, 1.54) is 5.57 Å². The van der Waals surface area contributed by atoms with Crippen molar-refractivity contribution in [3.63, 3.8) is 0 Å². The molecule has 0 fully saturated rings. The van der Waals surface area contributed by atoms with E-state index in [1.54, 1.807) is 12.4 Å². The van der Waals surface area contributed by atoms with Crippen molar-refractivity contribution in [3.05, 3.63) is 36.2 Å². The minimum Gasteiger partial charge on any atom is -0.492 e. The first-order valence-electron chi connectivity index (χ1n) is 4.45. The summed E-state index contributed by atoms with van der Waals surface area (Å²) in [5, 5.41) is 0. The van der Waals surface area contributed by atoms with Crippen LogP contribution in [0.1, 0.15) is 20.3 Å². The number of ether oxygens (including phenoxy) is 1. The van der Waals surface area contributed by atoms with E-state index < -0.39 is 0 Å². The molecule has 1 heterocycles.